The fourth-order valence-corrected chi connectivity index (χ4v) is 1.05. The molecule has 0 unspecified atom stereocenters. The van der Waals surface area contributed by atoms with E-state index in [-0.39, 0.29) is 12.2 Å². The van der Waals surface area contributed by atoms with Crippen LogP contribution in [0.1, 0.15) is 13.8 Å². The van der Waals surface area contributed by atoms with Gasteiger partial charge in [0.15, 0.2) is 0 Å². The number of aliphatic hydroxyl groups excluding tert-OH is 1. The Balaban J connectivity index is 2.88. The molecule has 0 fully saturated rings. The number of cyclic esters (lactones) is 1. The number of rotatable bonds is 2. The fourth-order valence-electron chi connectivity index (χ4n) is 1.05. The van der Waals surface area contributed by atoms with Crippen LogP contribution in [0.25, 0.3) is 0 Å². The van der Waals surface area contributed by atoms with Crippen molar-refractivity contribution >= 4 is 11.9 Å². The molecule has 1 aliphatic heterocycles. The lowest BCUT2D eigenvalue weighted by molar-refractivity contribution is -0.142. The first kappa shape index (κ1) is 9.57. The minimum atomic E-state index is -0.879. The molecule has 0 aromatic carbocycles. The number of carbonyl (C=O) groups is 2. The molecule has 72 valence electrons. The molecule has 0 radical (unpaired) electrons. The van der Waals surface area contributed by atoms with E-state index < -0.39 is 23.8 Å². The summed E-state index contributed by atoms with van der Waals surface area (Å²) in [6.07, 6.45) is -0.730. The molecule has 13 heavy (non-hydrogen) atoms. The molecule has 1 atom stereocenters. The van der Waals surface area contributed by atoms with Crippen molar-refractivity contribution in [2.24, 2.45) is 0 Å². The van der Waals surface area contributed by atoms with E-state index in [1.807, 2.05) is 0 Å². The van der Waals surface area contributed by atoms with Gasteiger partial charge in [-0.3, -0.25) is 0 Å². The van der Waals surface area contributed by atoms with E-state index in [0.29, 0.717) is 0 Å². The molecule has 5 nitrogen and oxygen atoms in total. The maximum absolute atomic E-state index is 11.1. The third-order valence-electron chi connectivity index (χ3n) is 1.63. The van der Waals surface area contributed by atoms with Crippen LogP contribution in [-0.2, 0) is 19.1 Å². The highest BCUT2D eigenvalue weighted by Crippen LogP contribution is 2.21. The Morgan fingerprint density at radius 3 is 2.69 bits per heavy atom. The Morgan fingerprint density at radius 1 is 1.69 bits per heavy atom. The van der Waals surface area contributed by atoms with Gasteiger partial charge in [-0.05, 0) is 13.8 Å². The molecule has 5 heteroatoms. The zero-order valence-corrected chi connectivity index (χ0v) is 7.36. The van der Waals surface area contributed by atoms with Gasteiger partial charge in [0.1, 0.15) is 11.7 Å². The Labute approximate surface area is 74.9 Å². The van der Waals surface area contributed by atoms with E-state index in [4.69, 9.17) is 5.11 Å². The third-order valence-corrected chi connectivity index (χ3v) is 1.63. The van der Waals surface area contributed by atoms with Crippen LogP contribution < -0.4 is 0 Å². The smallest absolute Gasteiger partial charge is 0.374 e. The normalized spacial score (nSPS) is 21.7. The van der Waals surface area contributed by atoms with E-state index in [0.717, 1.165) is 0 Å². The third kappa shape index (κ3) is 1.63. The summed E-state index contributed by atoms with van der Waals surface area (Å²) in [5, 5.41) is 9.13. The first-order chi connectivity index (χ1) is 6.07. The number of ether oxygens (including phenoxy) is 2. The van der Waals surface area contributed by atoms with Gasteiger partial charge in [0.25, 0.3) is 0 Å². The molecule has 0 spiro atoms. The Kier molecular flexibility index (Phi) is 2.55. The number of hydrogen-bond donors (Lipinski definition) is 1. The van der Waals surface area contributed by atoms with Gasteiger partial charge >= 0.3 is 11.9 Å². The standard InChI is InChI=1S/C8H10O5/c1-3-12-7(10)5-4(2)13-8(11)6(5)9/h4,9H,3H2,1-2H3/t4-/m1/s1. The maximum Gasteiger partial charge on any atom is 0.374 e. The lowest BCUT2D eigenvalue weighted by Gasteiger charge is -2.05. The molecule has 0 aliphatic carbocycles. The van der Waals surface area contributed by atoms with E-state index in [9.17, 15) is 9.59 Å². The summed E-state index contributed by atoms with van der Waals surface area (Å²) in [5.74, 6) is -2.24. The quantitative estimate of drug-likeness (QED) is 0.628. The van der Waals surface area contributed by atoms with Crippen molar-refractivity contribution in [3.63, 3.8) is 0 Å². The summed E-state index contributed by atoms with van der Waals surface area (Å²) >= 11 is 0. The highest BCUT2D eigenvalue weighted by Gasteiger charge is 2.36. The first-order valence-electron chi connectivity index (χ1n) is 3.89. The van der Waals surface area contributed by atoms with Gasteiger partial charge in [-0.1, -0.05) is 0 Å². The molecule has 1 heterocycles. The summed E-state index contributed by atoms with van der Waals surface area (Å²) in [5.41, 5.74) is -0.105. The lowest BCUT2D eigenvalue weighted by atomic mass is 10.1. The summed E-state index contributed by atoms with van der Waals surface area (Å²) < 4.78 is 9.22. The van der Waals surface area contributed by atoms with Crippen molar-refractivity contribution in [2.45, 2.75) is 20.0 Å². The Hall–Kier alpha value is -1.52. The second-order valence-electron chi connectivity index (χ2n) is 2.53. The molecule has 1 rings (SSSR count). The van der Waals surface area contributed by atoms with Crippen molar-refractivity contribution in [1.29, 1.82) is 0 Å². The van der Waals surface area contributed by atoms with E-state index >= 15 is 0 Å². The van der Waals surface area contributed by atoms with Crippen LogP contribution in [-0.4, -0.2) is 29.8 Å². The molecule has 0 amide bonds. The summed E-state index contributed by atoms with van der Waals surface area (Å²) in [7, 11) is 0. The van der Waals surface area contributed by atoms with Crippen LogP contribution in [0.5, 0.6) is 0 Å². The van der Waals surface area contributed by atoms with Gasteiger partial charge in [0.05, 0.1) is 6.61 Å². The van der Waals surface area contributed by atoms with Crippen LogP contribution in [0, 0.1) is 0 Å². The minimum absolute atomic E-state index is 0.105. The fraction of sp³-hybridized carbons (Fsp3) is 0.500. The van der Waals surface area contributed by atoms with Crippen molar-refractivity contribution < 1.29 is 24.2 Å². The van der Waals surface area contributed by atoms with Gasteiger partial charge in [-0.2, -0.15) is 0 Å². The van der Waals surface area contributed by atoms with Crippen LogP contribution in [0.15, 0.2) is 11.3 Å². The molecular formula is C8H10O5. The summed E-state index contributed by atoms with van der Waals surface area (Å²) in [4.78, 5) is 21.9. The highest BCUT2D eigenvalue weighted by molar-refractivity contribution is 6.02. The molecule has 0 aromatic rings. The van der Waals surface area contributed by atoms with Gasteiger partial charge in [-0.15, -0.1) is 0 Å². The van der Waals surface area contributed by atoms with Gasteiger partial charge in [-0.25, -0.2) is 9.59 Å². The topological polar surface area (TPSA) is 72.8 Å². The zero-order chi connectivity index (χ0) is 10.0. The van der Waals surface area contributed by atoms with E-state index in [2.05, 4.69) is 9.47 Å². The van der Waals surface area contributed by atoms with E-state index in [1.54, 1.807) is 6.92 Å². The summed E-state index contributed by atoms with van der Waals surface area (Å²) in [6, 6.07) is 0. The van der Waals surface area contributed by atoms with E-state index in [1.165, 1.54) is 6.92 Å². The maximum atomic E-state index is 11.1. The molecule has 0 bridgehead atoms. The second kappa shape index (κ2) is 3.47. The number of esters is 2. The average Bonchev–Trinajstić information content (AvgIpc) is 2.27. The molecule has 0 saturated heterocycles. The second-order valence-corrected chi connectivity index (χ2v) is 2.53. The monoisotopic (exact) mass is 186 g/mol. The van der Waals surface area contributed by atoms with Crippen molar-refractivity contribution in [3.05, 3.63) is 11.3 Å². The molecule has 0 saturated carbocycles. The number of aliphatic hydroxyl groups is 1. The van der Waals surface area contributed by atoms with Crippen molar-refractivity contribution in [1.82, 2.24) is 0 Å². The van der Waals surface area contributed by atoms with Gasteiger partial charge in [0, 0.05) is 0 Å². The van der Waals surface area contributed by atoms with Crippen LogP contribution in [0.3, 0.4) is 0 Å². The number of carbonyl (C=O) groups excluding carboxylic acids is 2. The molecular weight excluding hydrogens is 176 g/mol. The predicted octanol–water partition coefficient (Wildman–Crippen LogP) is 0.307. The molecule has 0 aromatic heterocycles. The van der Waals surface area contributed by atoms with Crippen LogP contribution >= 0.6 is 0 Å². The molecule has 1 aliphatic rings. The van der Waals surface area contributed by atoms with Crippen LogP contribution in [0.4, 0.5) is 0 Å². The highest BCUT2D eigenvalue weighted by atomic mass is 16.6. The van der Waals surface area contributed by atoms with Crippen molar-refractivity contribution in [2.75, 3.05) is 6.61 Å². The van der Waals surface area contributed by atoms with Gasteiger partial charge < -0.3 is 14.6 Å². The Morgan fingerprint density at radius 2 is 2.31 bits per heavy atom. The predicted molar refractivity (Wildman–Crippen MR) is 41.8 cm³/mol. The van der Waals surface area contributed by atoms with Gasteiger partial charge in [0.2, 0.25) is 5.76 Å². The largest absolute Gasteiger partial charge is 0.501 e. The minimum Gasteiger partial charge on any atom is -0.501 e. The average molecular weight is 186 g/mol. The summed E-state index contributed by atoms with van der Waals surface area (Å²) in [6.45, 7) is 3.32. The van der Waals surface area contributed by atoms with Crippen molar-refractivity contribution in [3.8, 4) is 0 Å². The van der Waals surface area contributed by atoms with Crippen LogP contribution in [0.2, 0.25) is 0 Å². The lowest BCUT2D eigenvalue weighted by Crippen LogP contribution is -2.16. The SMILES string of the molecule is CCOC(=O)C1=C(O)C(=O)O[C@@H]1C. The first-order valence-corrected chi connectivity index (χ1v) is 3.89. The Bertz CT molecular complexity index is 278. The molecule has 1 N–H and O–H groups in total. The zero-order valence-electron chi connectivity index (χ0n) is 7.36. The number of hydrogen-bond acceptors (Lipinski definition) is 5.